The van der Waals surface area contributed by atoms with E-state index in [1.807, 2.05) is 0 Å². The Morgan fingerprint density at radius 3 is 1.67 bits per heavy atom. The molecule has 0 spiro atoms. The number of ketones is 2. The molecule has 0 radical (unpaired) electrons. The third-order valence-corrected chi connectivity index (χ3v) is 1.44. The maximum absolute atomic E-state index is 10.7. The topological polar surface area (TPSA) is 34.1 Å². The van der Waals surface area contributed by atoms with Gasteiger partial charge < -0.3 is 0 Å². The molecule has 0 aliphatic carbocycles. The molecule has 9 heavy (non-hydrogen) atoms. The zero-order chi connectivity index (χ0) is 7.65. The van der Waals surface area contributed by atoms with Crippen LogP contribution in [0.1, 0.15) is 13.8 Å². The number of hydrogen-bond donors (Lipinski definition) is 0. The summed E-state index contributed by atoms with van der Waals surface area (Å²) < 4.78 is -0.883. The lowest BCUT2D eigenvalue weighted by Crippen LogP contribution is -2.26. The Bertz CT molecular complexity index is 146. The summed E-state index contributed by atoms with van der Waals surface area (Å²) in [5.41, 5.74) is 0. The molecule has 0 saturated heterocycles. The molecule has 0 unspecified atom stereocenters. The van der Waals surface area contributed by atoms with Crippen molar-refractivity contribution in [2.45, 2.75) is 17.1 Å². The lowest BCUT2D eigenvalue weighted by atomic mass is 10.2. The Morgan fingerprint density at radius 2 is 1.67 bits per heavy atom. The molecule has 0 rings (SSSR count). The van der Waals surface area contributed by atoms with Gasteiger partial charge in [-0.2, -0.15) is 0 Å². The Morgan fingerprint density at radius 1 is 1.33 bits per heavy atom. The maximum Gasteiger partial charge on any atom is 0.225 e. The van der Waals surface area contributed by atoms with Crippen molar-refractivity contribution in [2.24, 2.45) is 0 Å². The first-order valence-electron chi connectivity index (χ1n) is 2.29. The number of hydrogen-bond acceptors (Lipinski definition) is 2. The highest BCUT2D eigenvalue weighted by atomic mass is 79.9. The molecule has 0 aliphatic heterocycles. The first-order valence-corrected chi connectivity index (χ1v) is 3.87. The van der Waals surface area contributed by atoms with E-state index < -0.39 is 14.8 Å². The second kappa shape index (κ2) is 2.92. The molecule has 4 heteroatoms. The Labute approximate surface area is 70.3 Å². The minimum absolute atomic E-state index is 0.453. The fourth-order valence-electron chi connectivity index (χ4n) is 0.309. The molecule has 0 amide bonds. The van der Waals surface area contributed by atoms with E-state index >= 15 is 0 Å². The summed E-state index contributed by atoms with van der Waals surface area (Å²) in [6.07, 6.45) is 0. The highest BCUT2D eigenvalue weighted by Crippen LogP contribution is 2.26. The van der Waals surface area contributed by atoms with Gasteiger partial charge in [-0.3, -0.25) is 9.59 Å². The summed E-state index contributed by atoms with van der Waals surface area (Å²) in [7, 11) is 0. The van der Waals surface area contributed by atoms with Crippen LogP contribution in [0, 0.1) is 0 Å². The lowest BCUT2D eigenvalue weighted by Gasteiger charge is -2.07. The van der Waals surface area contributed by atoms with Gasteiger partial charge in [0, 0.05) is 6.92 Å². The molecule has 0 aromatic rings. The van der Waals surface area contributed by atoms with Gasteiger partial charge in [0.15, 0.2) is 5.78 Å². The van der Waals surface area contributed by atoms with Crippen molar-refractivity contribution in [3.63, 3.8) is 0 Å². The van der Waals surface area contributed by atoms with Crippen molar-refractivity contribution in [2.75, 3.05) is 0 Å². The van der Waals surface area contributed by atoms with Gasteiger partial charge >= 0.3 is 0 Å². The van der Waals surface area contributed by atoms with Gasteiger partial charge in [-0.05, 0) is 6.92 Å². The van der Waals surface area contributed by atoms with Crippen LogP contribution in [0.25, 0.3) is 0 Å². The van der Waals surface area contributed by atoms with E-state index in [1.165, 1.54) is 6.92 Å². The van der Waals surface area contributed by atoms with Crippen LogP contribution in [0.2, 0.25) is 0 Å². The number of alkyl halides is 2. The summed E-state index contributed by atoms with van der Waals surface area (Å²) in [5.74, 6) is -0.922. The van der Waals surface area contributed by atoms with E-state index in [-0.39, 0.29) is 0 Å². The van der Waals surface area contributed by atoms with Crippen LogP contribution in [0.4, 0.5) is 0 Å². The summed E-state index contributed by atoms with van der Waals surface area (Å²) in [5, 5.41) is 0. The fraction of sp³-hybridized carbons (Fsp3) is 0.600. The summed E-state index contributed by atoms with van der Waals surface area (Å²) >= 11 is 5.98. The summed E-state index contributed by atoms with van der Waals surface area (Å²) in [6.45, 7) is 2.81. The standard InChI is InChI=1S/C5H6Br2O2/c1-3(8)4(9)5(2,6)7/h1-2H3. The van der Waals surface area contributed by atoms with Gasteiger partial charge in [0.25, 0.3) is 0 Å². The lowest BCUT2D eigenvalue weighted by molar-refractivity contribution is -0.135. The van der Waals surface area contributed by atoms with Crippen molar-refractivity contribution >= 4 is 43.4 Å². The van der Waals surface area contributed by atoms with Gasteiger partial charge in [-0.25, -0.2) is 0 Å². The monoisotopic (exact) mass is 256 g/mol. The first-order chi connectivity index (χ1) is 3.85. The van der Waals surface area contributed by atoms with E-state index in [0.717, 1.165) is 0 Å². The van der Waals surface area contributed by atoms with Crippen molar-refractivity contribution < 1.29 is 9.59 Å². The van der Waals surface area contributed by atoms with Crippen molar-refractivity contribution in [3.8, 4) is 0 Å². The highest BCUT2D eigenvalue weighted by molar-refractivity contribution is 9.26. The first kappa shape index (κ1) is 9.30. The molecule has 0 bridgehead atoms. The van der Waals surface area contributed by atoms with Crippen LogP contribution >= 0.6 is 31.9 Å². The average Bonchev–Trinajstić information content (AvgIpc) is 1.62. The van der Waals surface area contributed by atoms with Gasteiger partial charge in [-0.1, -0.05) is 31.9 Å². The van der Waals surface area contributed by atoms with Crippen LogP contribution in [0.5, 0.6) is 0 Å². The minimum atomic E-state index is -0.883. The maximum atomic E-state index is 10.7. The smallest absolute Gasteiger partial charge is 0.225 e. The van der Waals surface area contributed by atoms with Gasteiger partial charge in [0.05, 0.1) is 0 Å². The third kappa shape index (κ3) is 3.11. The fourth-order valence-corrected chi connectivity index (χ4v) is 0.867. The molecule has 0 fully saturated rings. The van der Waals surface area contributed by atoms with Gasteiger partial charge in [-0.15, -0.1) is 0 Å². The molecule has 0 atom stereocenters. The number of carbonyl (C=O) groups is 2. The highest BCUT2D eigenvalue weighted by Gasteiger charge is 2.28. The van der Waals surface area contributed by atoms with E-state index in [2.05, 4.69) is 31.9 Å². The summed E-state index contributed by atoms with van der Waals surface area (Å²) in [6, 6.07) is 0. The van der Waals surface area contributed by atoms with Crippen molar-refractivity contribution in [1.82, 2.24) is 0 Å². The van der Waals surface area contributed by atoms with Crippen LogP contribution in [-0.4, -0.2) is 14.8 Å². The van der Waals surface area contributed by atoms with Crippen molar-refractivity contribution in [3.05, 3.63) is 0 Å². The molecule has 0 saturated carbocycles. The molecule has 0 aromatic heterocycles. The predicted octanol–water partition coefficient (Wildman–Crippen LogP) is 1.65. The second-order valence-corrected chi connectivity index (χ2v) is 6.01. The molecular formula is C5H6Br2O2. The normalized spacial score (nSPS) is 11.1. The second-order valence-electron chi connectivity index (χ2n) is 1.77. The van der Waals surface area contributed by atoms with E-state index in [1.54, 1.807) is 6.92 Å². The van der Waals surface area contributed by atoms with E-state index in [9.17, 15) is 9.59 Å². The number of rotatable bonds is 2. The molecule has 0 aromatic carbocycles. The van der Waals surface area contributed by atoms with Gasteiger partial charge in [0.2, 0.25) is 5.78 Å². The Hall–Kier alpha value is 0.300. The van der Waals surface area contributed by atoms with Crippen molar-refractivity contribution in [1.29, 1.82) is 0 Å². The molecule has 0 heterocycles. The quantitative estimate of drug-likeness (QED) is 0.557. The third-order valence-electron chi connectivity index (χ3n) is 0.718. The molecule has 0 N–H and O–H groups in total. The zero-order valence-electron chi connectivity index (χ0n) is 5.07. The molecular weight excluding hydrogens is 252 g/mol. The Balaban J connectivity index is 4.23. The molecule has 2 nitrogen and oxygen atoms in total. The van der Waals surface area contributed by atoms with E-state index in [0.29, 0.717) is 0 Å². The van der Waals surface area contributed by atoms with Gasteiger partial charge in [0.1, 0.15) is 3.23 Å². The zero-order valence-corrected chi connectivity index (χ0v) is 8.24. The average molecular weight is 258 g/mol. The predicted molar refractivity (Wildman–Crippen MR) is 41.9 cm³/mol. The summed E-state index contributed by atoms with van der Waals surface area (Å²) in [4.78, 5) is 21.1. The number of carbonyl (C=O) groups excluding carboxylic acids is 2. The largest absolute Gasteiger partial charge is 0.291 e. The SMILES string of the molecule is CC(=O)C(=O)C(C)(Br)Br. The molecule has 52 valence electrons. The number of Topliss-reactive ketones (excluding diaryl/α,β-unsaturated/α-hetero) is 2. The van der Waals surface area contributed by atoms with Crippen LogP contribution in [-0.2, 0) is 9.59 Å². The number of halogens is 2. The Kier molecular flexibility index (Phi) is 3.02. The van der Waals surface area contributed by atoms with Crippen LogP contribution in [0.3, 0.4) is 0 Å². The minimum Gasteiger partial charge on any atom is -0.291 e. The van der Waals surface area contributed by atoms with E-state index in [4.69, 9.17) is 0 Å². The van der Waals surface area contributed by atoms with Crippen LogP contribution < -0.4 is 0 Å². The van der Waals surface area contributed by atoms with Crippen LogP contribution in [0.15, 0.2) is 0 Å². The molecule has 0 aliphatic rings.